The average Bonchev–Trinajstić information content (AvgIpc) is 3.10. The molecule has 0 unspecified atom stereocenters. The molecule has 3 aromatic rings. The topological polar surface area (TPSA) is 56.2 Å². The number of aromatic nitrogens is 2. The Morgan fingerprint density at radius 3 is 2.72 bits per heavy atom. The van der Waals surface area contributed by atoms with Gasteiger partial charge in [0.05, 0.1) is 11.4 Å². The van der Waals surface area contributed by atoms with Crippen LogP contribution in [0.15, 0.2) is 72.1 Å². The van der Waals surface area contributed by atoms with Crippen LogP contribution in [0.2, 0.25) is 0 Å². The lowest BCUT2D eigenvalue weighted by Crippen LogP contribution is -2.15. The minimum Gasteiger partial charge on any atom is -0.455 e. The van der Waals surface area contributed by atoms with Gasteiger partial charge in [-0.15, -0.1) is 0 Å². The van der Waals surface area contributed by atoms with Gasteiger partial charge in [0.15, 0.2) is 10.9 Å². The number of hydrogen-bond donors (Lipinski definition) is 1. The molecule has 6 heteroatoms. The highest BCUT2D eigenvalue weighted by Crippen LogP contribution is 2.29. The minimum atomic E-state index is -0.0974. The van der Waals surface area contributed by atoms with Gasteiger partial charge in [-0.2, -0.15) is 0 Å². The molecule has 1 heterocycles. The van der Waals surface area contributed by atoms with Crippen molar-refractivity contribution in [1.82, 2.24) is 9.55 Å². The number of aryl methyl sites for hydroxylation is 1. The first-order valence-electron chi connectivity index (χ1n) is 8.02. The van der Waals surface area contributed by atoms with Crippen molar-refractivity contribution >= 4 is 23.4 Å². The molecule has 0 fully saturated rings. The molecule has 2 aromatic carbocycles. The smallest absolute Gasteiger partial charge is 0.234 e. The van der Waals surface area contributed by atoms with Gasteiger partial charge in [0, 0.05) is 18.9 Å². The van der Waals surface area contributed by atoms with Crippen molar-refractivity contribution in [2.24, 2.45) is 0 Å². The summed E-state index contributed by atoms with van der Waals surface area (Å²) in [5.74, 6) is 1.53. The Balaban J connectivity index is 1.63. The predicted molar refractivity (Wildman–Crippen MR) is 100 cm³/mol. The molecule has 0 spiro atoms. The second-order valence-electron chi connectivity index (χ2n) is 5.24. The second kappa shape index (κ2) is 8.39. The number of rotatable bonds is 7. The van der Waals surface area contributed by atoms with Gasteiger partial charge in [0.25, 0.3) is 0 Å². The van der Waals surface area contributed by atoms with Crippen LogP contribution in [-0.2, 0) is 11.3 Å². The zero-order valence-electron chi connectivity index (χ0n) is 13.9. The van der Waals surface area contributed by atoms with Crippen LogP contribution in [0.3, 0.4) is 0 Å². The molecule has 1 amide bonds. The Morgan fingerprint density at radius 1 is 1.16 bits per heavy atom. The number of nitrogens with one attached hydrogen (secondary N) is 1. The molecule has 0 aliphatic heterocycles. The molecule has 5 nitrogen and oxygen atoms in total. The zero-order valence-corrected chi connectivity index (χ0v) is 14.7. The molecule has 1 N–H and O–H groups in total. The Hall–Kier alpha value is -2.73. The zero-order chi connectivity index (χ0) is 17.5. The fourth-order valence-corrected chi connectivity index (χ4v) is 3.09. The van der Waals surface area contributed by atoms with E-state index in [0.717, 1.165) is 17.5 Å². The number of ether oxygens (including phenoxy) is 1. The van der Waals surface area contributed by atoms with E-state index in [0.29, 0.717) is 11.4 Å². The lowest BCUT2D eigenvalue weighted by Gasteiger charge is -2.12. The van der Waals surface area contributed by atoms with Crippen LogP contribution in [0.25, 0.3) is 0 Å². The lowest BCUT2D eigenvalue weighted by molar-refractivity contribution is -0.113. The molecule has 3 rings (SSSR count). The molecule has 0 aliphatic rings. The van der Waals surface area contributed by atoms with Crippen molar-refractivity contribution < 1.29 is 9.53 Å². The number of nitrogens with zero attached hydrogens (tertiary/aromatic N) is 2. The monoisotopic (exact) mass is 353 g/mol. The number of anilines is 1. The van der Waals surface area contributed by atoms with Crippen molar-refractivity contribution in [1.29, 1.82) is 0 Å². The van der Waals surface area contributed by atoms with Gasteiger partial charge in [-0.25, -0.2) is 4.98 Å². The number of amides is 1. The first-order chi connectivity index (χ1) is 12.3. The molecule has 0 atom stereocenters. The van der Waals surface area contributed by atoms with E-state index in [1.54, 1.807) is 6.20 Å². The minimum absolute atomic E-state index is 0.0974. The maximum atomic E-state index is 12.3. The van der Waals surface area contributed by atoms with Crippen molar-refractivity contribution in [2.45, 2.75) is 18.6 Å². The van der Waals surface area contributed by atoms with Crippen molar-refractivity contribution in [3.8, 4) is 11.5 Å². The summed E-state index contributed by atoms with van der Waals surface area (Å²) in [6.45, 7) is 2.88. The van der Waals surface area contributed by atoms with Crippen molar-refractivity contribution in [3.63, 3.8) is 0 Å². The van der Waals surface area contributed by atoms with Gasteiger partial charge in [-0.3, -0.25) is 4.79 Å². The predicted octanol–water partition coefficient (Wildman–Crippen LogP) is 4.43. The van der Waals surface area contributed by atoms with Gasteiger partial charge in [0.1, 0.15) is 5.75 Å². The van der Waals surface area contributed by atoms with Crippen LogP contribution in [-0.4, -0.2) is 21.2 Å². The van der Waals surface area contributed by atoms with Gasteiger partial charge in [0.2, 0.25) is 5.91 Å². The molecule has 0 bridgehead atoms. The first-order valence-corrected chi connectivity index (χ1v) is 9.00. The van der Waals surface area contributed by atoms with E-state index in [-0.39, 0.29) is 11.7 Å². The summed E-state index contributed by atoms with van der Waals surface area (Å²) in [4.78, 5) is 16.5. The highest BCUT2D eigenvalue weighted by molar-refractivity contribution is 7.99. The van der Waals surface area contributed by atoms with E-state index >= 15 is 0 Å². The highest BCUT2D eigenvalue weighted by Gasteiger charge is 2.10. The van der Waals surface area contributed by atoms with Crippen LogP contribution in [0.4, 0.5) is 5.69 Å². The van der Waals surface area contributed by atoms with Crippen LogP contribution >= 0.6 is 11.8 Å². The Kier molecular flexibility index (Phi) is 5.74. The van der Waals surface area contributed by atoms with Crippen LogP contribution in [0, 0.1) is 0 Å². The Bertz CT molecular complexity index is 833. The molecular formula is C19H19N3O2S. The van der Waals surface area contributed by atoms with E-state index in [4.69, 9.17) is 4.74 Å². The van der Waals surface area contributed by atoms with E-state index in [1.165, 1.54) is 11.8 Å². The van der Waals surface area contributed by atoms with Crippen LogP contribution in [0.1, 0.15) is 6.92 Å². The van der Waals surface area contributed by atoms with E-state index < -0.39 is 0 Å². The van der Waals surface area contributed by atoms with E-state index in [1.807, 2.05) is 72.3 Å². The highest BCUT2D eigenvalue weighted by atomic mass is 32.2. The molecule has 25 heavy (non-hydrogen) atoms. The van der Waals surface area contributed by atoms with Crippen molar-refractivity contribution in [2.75, 3.05) is 11.1 Å². The quantitative estimate of drug-likeness (QED) is 0.639. The number of hydrogen-bond acceptors (Lipinski definition) is 4. The molecule has 128 valence electrons. The van der Waals surface area contributed by atoms with Gasteiger partial charge in [-0.1, -0.05) is 42.1 Å². The summed E-state index contributed by atoms with van der Waals surface area (Å²) in [7, 11) is 0. The number of carbonyl (C=O) groups is 1. The summed E-state index contributed by atoms with van der Waals surface area (Å²) >= 11 is 1.41. The molecule has 0 saturated heterocycles. The molecule has 0 radical (unpaired) electrons. The normalized spacial score (nSPS) is 10.4. The number of thioether (sulfide) groups is 1. The third kappa shape index (κ3) is 4.64. The summed E-state index contributed by atoms with van der Waals surface area (Å²) in [6, 6.07) is 16.9. The molecule has 0 aliphatic carbocycles. The van der Waals surface area contributed by atoms with Gasteiger partial charge >= 0.3 is 0 Å². The summed E-state index contributed by atoms with van der Waals surface area (Å²) < 4.78 is 7.86. The second-order valence-corrected chi connectivity index (χ2v) is 6.19. The largest absolute Gasteiger partial charge is 0.455 e. The fraction of sp³-hybridized carbons (Fsp3) is 0.158. The van der Waals surface area contributed by atoms with Crippen molar-refractivity contribution in [3.05, 3.63) is 67.0 Å². The van der Waals surface area contributed by atoms with Gasteiger partial charge < -0.3 is 14.6 Å². The SMILES string of the molecule is CCn1ccnc1SCC(=O)Nc1ccccc1Oc1ccccc1. The van der Waals surface area contributed by atoms with E-state index in [9.17, 15) is 4.79 Å². The fourth-order valence-electron chi connectivity index (χ4n) is 2.27. The Morgan fingerprint density at radius 2 is 1.92 bits per heavy atom. The summed E-state index contributed by atoms with van der Waals surface area (Å²) in [6.07, 6.45) is 3.65. The standard InChI is InChI=1S/C19H19N3O2S/c1-2-22-13-12-20-19(22)25-14-18(23)21-16-10-6-7-11-17(16)24-15-8-4-3-5-9-15/h3-13H,2,14H2,1H3,(H,21,23). The molecule has 1 aromatic heterocycles. The number of para-hydroxylation sites is 3. The number of benzene rings is 2. The van der Waals surface area contributed by atoms with Gasteiger partial charge in [-0.05, 0) is 31.2 Å². The third-order valence-electron chi connectivity index (χ3n) is 3.48. The molecule has 0 saturated carbocycles. The van der Waals surface area contributed by atoms with Crippen LogP contribution in [0.5, 0.6) is 11.5 Å². The maximum Gasteiger partial charge on any atom is 0.234 e. The summed E-state index contributed by atoms with van der Waals surface area (Å²) in [5, 5.41) is 3.75. The number of imidazole rings is 1. The average molecular weight is 353 g/mol. The maximum absolute atomic E-state index is 12.3. The molecular weight excluding hydrogens is 334 g/mol. The van der Waals surface area contributed by atoms with Crippen LogP contribution < -0.4 is 10.1 Å². The number of carbonyl (C=O) groups excluding carboxylic acids is 1. The first kappa shape index (κ1) is 17.1. The van der Waals surface area contributed by atoms with E-state index in [2.05, 4.69) is 10.3 Å². The Labute approximate surface area is 151 Å². The lowest BCUT2D eigenvalue weighted by atomic mass is 10.3. The summed E-state index contributed by atoms with van der Waals surface area (Å²) in [5.41, 5.74) is 0.649. The third-order valence-corrected chi connectivity index (χ3v) is 4.49.